The lowest BCUT2D eigenvalue weighted by Crippen LogP contribution is -2.33. The van der Waals surface area contributed by atoms with E-state index < -0.39 is 13.0 Å². The summed E-state index contributed by atoms with van der Waals surface area (Å²) in [5.74, 6) is 0.269. The summed E-state index contributed by atoms with van der Waals surface area (Å²) < 4.78 is 31.6. The van der Waals surface area contributed by atoms with Gasteiger partial charge in [0, 0.05) is 31.0 Å². The van der Waals surface area contributed by atoms with Gasteiger partial charge in [-0.15, -0.1) is 0 Å². The Bertz CT molecular complexity index is 759. The molecule has 1 aliphatic rings. The number of hydrogen-bond acceptors (Lipinski definition) is 4. The zero-order valence-electron chi connectivity index (χ0n) is 14.8. The second-order valence-electron chi connectivity index (χ2n) is 6.65. The molecule has 0 atom stereocenters. The average molecular weight is 364 g/mol. The average Bonchev–Trinajstić information content (AvgIpc) is 3.30. The van der Waals surface area contributed by atoms with Crippen LogP contribution in [0.3, 0.4) is 0 Å². The number of halogens is 2. The molecule has 0 aromatic carbocycles. The van der Waals surface area contributed by atoms with E-state index in [9.17, 15) is 13.6 Å². The van der Waals surface area contributed by atoms with Crippen LogP contribution in [0, 0.1) is 0 Å². The van der Waals surface area contributed by atoms with Crippen LogP contribution in [-0.4, -0.2) is 44.1 Å². The molecule has 2 heterocycles. The standard InChI is InChI=1S/C18H22F2N4O2/c1-12(2)26-17-9-13(5-7-21-17)10-24(14-3-4-14)18(25)15-6-8-23(22-15)11-16(19)20/h5-9,12,14,16H,3-4,10-11H2,1-2H3. The Morgan fingerprint density at radius 3 is 2.81 bits per heavy atom. The summed E-state index contributed by atoms with van der Waals surface area (Å²) in [6.45, 7) is 3.73. The number of aromatic nitrogens is 3. The van der Waals surface area contributed by atoms with Crippen molar-refractivity contribution in [2.45, 2.75) is 58.3 Å². The molecule has 3 rings (SSSR count). The van der Waals surface area contributed by atoms with Gasteiger partial charge in [0.15, 0.2) is 0 Å². The third-order valence-electron chi connectivity index (χ3n) is 3.94. The fraction of sp³-hybridized carbons (Fsp3) is 0.500. The summed E-state index contributed by atoms with van der Waals surface area (Å²) in [4.78, 5) is 18.7. The van der Waals surface area contributed by atoms with Gasteiger partial charge in [-0.3, -0.25) is 9.48 Å². The molecular formula is C18H22F2N4O2. The van der Waals surface area contributed by atoms with E-state index in [4.69, 9.17) is 4.74 Å². The van der Waals surface area contributed by atoms with Crippen molar-refractivity contribution < 1.29 is 18.3 Å². The molecule has 0 unspecified atom stereocenters. The molecule has 140 valence electrons. The molecule has 1 amide bonds. The van der Waals surface area contributed by atoms with E-state index in [0.717, 1.165) is 23.1 Å². The monoisotopic (exact) mass is 364 g/mol. The van der Waals surface area contributed by atoms with Crippen molar-refractivity contribution in [2.24, 2.45) is 0 Å². The van der Waals surface area contributed by atoms with Crippen molar-refractivity contribution in [3.63, 3.8) is 0 Å². The van der Waals surface area contributed by atoms with Crippen molar-refractivity contribution in [1.29, 1.82) is 0 Å². The molecule has 0 bridgehead atoms. The van der Waals surface area contributed by atoms with Gasteiger partial charge in [0.1, 0.15) is 12.2 Å². The maximum Gasteiger partial charge on any atom is 0.274 e. The van der Waals surface area contributed by atoms with Crippen LogP contribution in [-0.2, 0) is 13.1 Å². The van der Waals surface area contributed by atoms with Crippen LogP contribution >= 0.6 is 0 Å². The Balaban J connectivity index is 1.73. The molecule has 2 aromatic heterocycles. The maximum absolute atomic E-state index is 12.8. The highest BCUT2D eigenvalue weighted by Crippen LogP contribution is 2.30. The summed E-state index contributed by atoms with van der Waals surface area (Å²) in [5.41, 5.74) is 1.09. The van der Waals surface area contributed by atoms with Gasteiger partial charge in [-0.1, -0.05) is 0 Å². The highest BCUT2D eigenvalue weighted by Gasteiger charge is 2.34. The Morgan fingerprint density at radius 2 is 2.15 bits per heavy atom. The fourth-order valence-corrected chi connectivity index (χ4v) is 2.67. The Hall–Kier alpha value is -2.51. The Morgan fingerprint density at radius 1 is 1.38 bits per heavy atom. The summed E-state index contributed by atoms with van der Waals surface area (Å²) >= 11 is 0. The van der Waals surface area contributed by atoms with E-state index in [1.54, 1.807) is 11.1 Å². The summed E-state index contributed by atoms with van der Waals surface area (Å²) in [5, 5.41) is 3.99. The van der Waals surface area contributed by atoms with E-state index in [-0.39, 0.29) is 23.7 Å². The van der Waals surface area contributed by atoms with E-state index in [1.165, 1.54) is 12.3 Å². The molecule has 0 radical (unpaired) electrons. The van der Waals surface area contributed by atoms with Crippen molar-refractivity contribution in [3.8, 4) is 5.88 Å². The number of carbonyl (C=O) groups is 1. The largest absolute Gasteiger partial charge is 0.475 e. The van der Waals surface area contributed by atoms with Crippen LogP contribution in [0.15, 0.2) is 30.6 Å². The number of amides is 1. The predicted molar refractivity (Wildman–Crippen MR) is 91.1 cm³/mol. The van der Waals surface area contributed by atoms with Gasteiger partial charge in [-0.2, -0.15) is 5.10 Å². The minimum absolute atomic E-state index is 0.0118. The number of nitrogens with zero attached hydrogens (tertiary/aromatic N) is 4. The first-order chi connectivity index (χ1) is 12.4. The molecule has 1 fully saturated rings. The van der Waals surface area contributed by atoms with Gasteiger partial charge < -0.3 is 9.64 Å². The Kier molecular flexibility index (Phi) is 5.49. The summed E-state index contributed by atoms with van der Waals surface area (Å²) in [6, 6.07) is 5.30. The first kappa shape index (κ1) is 18.3. The van der Waals surface area contributed by atoms with Gasteiger partial charge >= 0.3 is 0 Å². The minimum Gasteiger partial charge on any atom is -0.475 e. The van der Waals surface area contributed by atoms with Gasteiger partial charge in [-0.25, -0.2) is 13.8 Å². The minimum atomic E-state index is -2.51. The van der Waals surface area contributed by atoms with E-state index in [1.807, 2.05) is 26.0 Å². The van der Waals surface area contributed by atoms with Crippen LogP contribution in [0.5, 0.6) is 5.88 Å². The predicted octanol–water partition coefficient (Wildman–Crippen LogP) is 3.14. The molecule has 0 spiro atoms. The summed E-state index contributed by atoms with van der Waals surface area (Å²) in [7, 11) is 0. The molecule has 8 heteroatoms. The van der Waals surface area contributed by atoms with Crippen molar-refractivity contribution in [1.82, 2.24) is 19.7 Å². The van der Waals surface area contributed by atoms with Crippen molar-refractivity contribution >= 4 is 5.91 Å². The molecule has 6 nitrogen and oxygen atoms in total. The Labute approximate surface area is 150 Å². The molecule has 2 aromatic rings. The van der Waals surface area contributed by atoms with Crippen LogP contribution in [0.4, 0.5) is 8.78 Å². The lowest BCUT2D eigenvalue weighted by atomic mass is 10.2. The first-order valence-corrected chi connectivity index (χ1v) is 8.66. The summed E-state index contributed by atoms with van der Waals surface area (Å²) in [6.07, 6.45) is 2.44. The molecule has 0 saturated heterocycles. The number of hydrogen-bond donors (Lipinski definition) is 0. The molecule has 0 aliphatic heterocycles. The number of carbonyl (C=O) groups excluding carboxylic acids is 1. The van der Waals surface area contributed by atoms with Crippen LogP contribution in [0.25, 0.3) is 0 Å². The lowest BCUT2D eigenvalue weighted by Gasteiger charge is -2.22. The molecule has 1 saturated carbocycles. The quantitative estimate of drug-likeness (QED) is 0.722. The number of alkyl halides is 2. The zero-order valence-corrected chi connectivity index (χ0v) is 14.8. The highest BCUT2D eigenvalue weighted by atomic mass is 19.3. The molecule has 1 aliphatic carbocycles. The smallest absolute Gasteiger partial charge is 0.274 e. The molecule has 0 N–H and O–H groups in total. The second-order valence-corrected chi connectivity index (χ2v) is 6.65. The molecular weight excluding hydrogens is 342 g/mol. The van der Waals surface area contributed by atoms with E-state index >= 15 is 0 Å². The van der Waals surface area contributed by atoms with Gasteiger partial charge in [0.2, 0.25) is 5.88 Å². The number of pyridine rings is 1. The third-order valence-corrected chi connectivity index (χ3v) is 3.94. The van der Waals surface area contributed by atoms with Crippen molar-refractivity contribution in [2.75, 3.05) is 0 Å². The molecule has 26 heavy (non-hydrogen) atoms. The SMILES string of the molecule is CC(C)Oc1cc(CN(C(=O)c2ccn(CC(F)F)n2)C2CC2)ccn1. The zero-order chi connectivity index (χ0) is 18.7. The van der Waals surface area contributed by atoms with Gasteiger partial charge in [-0.05, 0) is 44.4 Å². The van der Waals surface area contributed by atoms with Gasteiger partial charge in [0.05, 0.1) is 6.10 Å². The number of ether oxygens (including phenoxy) is 1. The maximum atomic E-state index is 12.8. The normalized spacial score (nSPS) is 14.1. The van der Waals surface area contributed by atoms with Crippen LogP contribution in [0.1, 0.15) is 42.7 Å². The van der Waals surface area contributed by atoms with E-state index in [2.05, 4.69) is 10.1 Å². The lowest BCUT2D eigenvalue weighted by molar-refractivity contribution is 0.0719. The van der Waals surface area contributed by atoms with E-state index in [0.29, 0.717) is 12.4 Å². The topological polar surface area (TPSA) is 60.2 Å². The first-order valence-electron chi connectivity index (χ1n) is 8.66. The van der Waals surface area contributed by atoms with Crippen LogP contribution < -0.4 is 4.74 Å². The van der Waals surface area contributed by atoms with Crippen LogP contribution in [0.2, 0.25) is 0 Å². The highest BCUT2D eigenvalue weighted by molar-refractivity contribution is 5.92. The fourth-order valence-electron chi connectivity index (χ4n) is 2.67. The van der Waals surface area contributed by atoms with Crippen molar-refractivity contribution in [3.05, 3.63) is 41.9 Å². The second kappa shape index (κ2) is 7.80. The van der Waals surface area contributed by atoms with Gasteiger partial charge in [0.25, 0.3) is 12.3 Å². The third kappa shape index (κ3) is 4.77. The number of rotatable bonds is 8.